The third kappa shape index (κ3) is 5.21. The van der Waals surface area contributed by atoms with E-state index in [1.54, 1.807) is 48.7 Å². The first-order chi connectivity index (χ1) is 13.0. The van der Waals surface area contributed by atoms with Crippen LogP contribution in [-0.2, 0) is 4.79 Å². The van der Waals surface area contributed by atoms with Gasteiger partial charge in [0.2, 0.25) is 5.91 Å². The molecule has 0 aliphatic heterocycles. The lowest BCUT2D eigenvalue weighted by Crippen LogP contribution is -2.35. The highest BCUT2D eigenvalue weighted by Gasteiger charge is 2.14. The minimum Gasteiger partial charge on any atom is -0.349 e. The first-order valence-electron chi connectivity index (χ1n) is 8.38. The quantitative estimate of drug-likeness (QED) is 0.673. The SMILES string of the molecule is CC(CC(=O)Nc1nc(-c2cccc(F)c2)cs1)NC(=O)c1ccccc1. The van der Waals surface area contributed by atoms with Gasteiger partial charge in [-0.05, 0) is 31.2 Å². The van der Waals surface area contributed by atoms with Gasteiger partial charge < -0.3 is 10.6 Å². The van der Waals surface area contributed by atoms with Crippen LogP contribution in [-0.4, -0.2) is 22.8 Å². The fraction of sp³-hybridized carbons (Fsp3) is 0.150. The van der Waals surface area contributed by atoms with Crippen LogP contribution in [0.25, 0.3) is 11.3 Å². The van der Waals surface area contributed by atoms with Gasteiger partial charge in [0.1, 0.15) is 5.82 Å². The van der Waals surface area contributed by atoms with Crippen LogP contribution >= 0.6 is 11.3 Å². The lowest BCUT2D eigenvalue weighted by atomic mass is 10.1. The fourth-order valence-electron chi connectivity index (χ4n) is 2.51. The maximum absolute atomic E-state index is 13.3. The van der Waals surface area contributed by atoms with Gasteiger partial charge in [0, 0.05) is 29.0 Å². The lowest BCUT2D eigenvalue weighted by Gasteiger charge is -2.13. The summed E-state index contributed by atoms with van der Waals surface area (Å²) in [7, 11) is 0. The van der Waals surface area contributed by atoms with Crippen molar-refractivity contribution in [2.75, 3.05) is 5.32 Å². The maximum Gasteiger partial charge on any atom is 0.251 e. The Bertz CT molecular complexity index is 943. The molecule has 1 aromatic heterocycles. The molecule has 1 heterocycles. The van der Waals surface area contributed by atoms with E-state index in [1.165, 1.54) is 23.5 Å². The number of nitrogens with one attached hydrogen (secondary N) is 2. The molecule has 2 aromatic carbocycles. The van der Waals surface area contributed by atoms with Crippen LogP contribution in [0.15, 0.2) is 60.0 Å². The van der Waals surface area contributed by atoms with E-state index in [0.29, 0.717) is 22.0 Å². The highest BCUT2D eigenvalue weighted by molar-refractivity contribution is 7.14. The lowest BCUT2D eigenvalue weighted by molar-refractivity contribution is -0.116. The van der Waals surface area contributed by atoms with Crippen molar-refractivity contribution < 1.29 is 14.0 Å². The monoisotopic (exact) mass is 383 g/mol. The number of hydrogen-bond donors (Lipinski definition) is 2. The van der Waals surface area contributed by atoms with Crippen LogP contribution in [0.2, 0.25) is 0 Å². The molecule has 2 amide bonds. The molecule has 0 aliphatic carbocycles. The van der Waals surface area contributed by atoms with Crippen LogP contribution in [0.1, 0.15) is 23.7 Å². The Balaban J connectivity index is 1.54. The van der Waals surface area contributed by atoms with Crippen molar-refractivity contribution in [2.24, 2.45) is 0 Å². The average Bonchev–Trinajstić information content (AvgIpc) is 3.10. The van der Waals surface area contributed by atoms with Crippen molar-refractivity contribution in [2.45, 2.75) is 19.4 Å². The van der Waals surface area contributed by atoms with Crippen molar-refractivity contribution >= 4 is 28.3 Å². The van der Waals surface area contributed by atoms with E-state index < -0.39 is 0 Å². The number of benzene rings is 2. The molecule has 0 aliphatic rings. The Morgan fingerprint density at radius 1 is 1.15 bits per heavy atom. The summed E-state index contributed by atoms with van der Waals surface area (Å²) >= 11 is 1.26. The zero-order valence-electron chi connectivity index (χ0n) is 14.6. The minimum atomic E-state index is -0.339. The second kappa shape index (κ2) is 8.55. The number of aromatic nitrogens is 1. The van der Waals surface area contributed by atoms with E-state index in [4.69, 9.17) is 0 Å². The molecule has 3 aromatic rings. The standard InChI is InChI=1S/C20H18FN3O2S/c1-13(22-19(26)14-6-3-2-4-7-14)10-18(25)24-20-23-17(12-27-20)15-8-5-9-16(21)11-15/h2-9,11-13H,10H2,1H3,(H,22,26)(H,23,24,25). The normalized spacial score (nSPS) is 11.6. The van der Waals surface area contributed by atoms with E-state index in [1.807, 2.05) is 6.07 Å². The van der Waals surface area contributed by atoms with Gasteiger partial charge in [-0.1, -0.05) is 30.3 Å². The molecule has 0 bridgehead atoms. The molecule has 2 N–H and O–H groups in total. The molecule has 1 atom stereocenters. The van der Waals surface area contributed by atoms with Crippen molar-refractivity contribution in [3.05, 3.63) is 71.4 Å². The Hall–Kier alpha value is -3.06. The third-order valence-electron chi connectivity index (χ3n) is 3.78. The Morgan fingerprint density at radius 3 is 2.67 bits per heavy atom. The van der Waals surface area contributed by atoms with E-state index >= 15 is 0 Å². The van der Waals surface area contributed by atoms with Gasteiger partial charge in [0.25, 0.3) is 5.91 Å². The van der Waals surface area contributed by atoms with Crippen molar-refractivity contribution in [3.8, 4) is 11.3 Å². The summed E-state index contributed by atoms with van der Waals surface area (Å²) in [5, 5.41) is 7.69. The number of carbonyl (C=O) groups is 2. The molecule has 138 valence electrons. The number of nitrogens with zero attached hydrogens (tertiary/aromatic N) is 1. The van der Waals surface area contributed by atoms with E-state index in [0.717, 1.165) is 0 Å². The van der Waals surface area contributed by atoms with Crippen LogP contribution in [0.5, 0.6) is 0 Å². The number of carbonyl (C=O) groups excluding carboxylic acids is 2. The van der Waals surface area contributed by atoms with E-state index in [-0.39, 0.29) is 30.1 Å². The topological polar surface area (TPSA) is 71.1 Å². The predicted molar refractivity (Wildman–Crippen MR) is 104 cm³/mol. The van der Waals surface area contributed by atoms with Gasteiger partial charge in [0.05, 0.1) is 5.69 Å². The van der Waals surface area contributed by atoms with Gasteiger partial charge in [-0.3, -0.25) is 9.59 Å². The molecular formula is C20H18FN3O2S. The third-order valence-corrected chi connectivity index (χ3v) is 4.53. The van der Waals surface area contributed by atoms with Gasteiger partial charge in [-0.25, -0.2) is 9.37 Å². The van der Waals surface area contributed by atoms with Crippen molar-refractivity contribution in [1.29, 1.82) is 0 Å². The highest BCUT2D eigenvalue weighted by atomic mass is 32.1. The summed E-state index contributed by atoms with van der Waals surface area (Å²) in [6, 6.07) is 14.6. The second-order valence-electron chi connectivity index (χ2n) is 6.04. The van der Waals surface area contributed by atoms with Crippen molar-refractivity contribution in [3.63, 3.8) is 0 Å². The summed E-state index contributed by atoms with van der Waals surface area (Å²) in [4.78, 5) is 28.6. The number of rotatable bonds is 6. The van der Waals surface area contributed by atoms with Gasteiger partial charge in [0.15, 0.2) is 5.13 Å². The smallest absolute Gasteiger partial charge is 0.251 e. The second-order valence-corrected chi connectivity index (χ2v) is 6.90. The molecule has 0 saturated heterocycles. The zero-order valence-corrected chi connectivity index (χ0v) is 15.4. The number of anilines is 1. The van der Waals surface area contributed by atoms with Crippen LogP contribution in [0.3, 0.4) is 0 Å². The van der Waals surface area contributed by atoms with Crippen LogP contribution < -0.4 is 10.6 Å². The first kappa shape index (κ1) is 18.7. The van der Waals surface area contributed by atoms with Gasteiger partial charge in [-0.2, -0.15) is 0 Å². The maximum atomic E-state index is 13.3. The summed E-state index contributed by atoms with van der Waals surface area (Å²) < 4.78 is 13.3. The molecule has 1 unspecified atom stereocenters. The zero-order chi connectivity index (χ0) is 19.2. The summed E-state index contributed by atoms with van der Waals surface area (Å²) in [6.07, 6.45) is 0.119. The van der Waals surface area contributed by atoms with E-state index in [9.17, 15) is 14.0 Å². The van der Waals surface area contributed by atoms with Gasteiger partial charge in [-0.15, -0.1) is 11.3 Å². The Morgan fingerprint density at radius 2 is 1.93 bits per heavy atom. The van der Waals surface area contributed by atoms with Crippen LogP contribution in [0.4, 0.5) is 9.52 Å². The molecule has 7 heteroatoms. The van der Waals surface area contributed by atoms with Crippen molar-refractivity contribution in [1.82, 2.24) is 10.3 Å². The molecule has 3 rings (SSSR count). The highest BCUT2D eigenvalue weighted by Crippen LogP contribution is 2.25. The Labute approximate surface area is 160 Å². The molecule has 0 saturated carbocycles. The number of hydrogen-bond acceptors (Lipinski definition) is 4. The summed E-state index contributed by atoms with van der Waals surface area (Å²) in [5.41, 5.74) is 1.79. The number of amides is 2. The van der Waals surface area contributed by atoms with Crippen LogP contribution in [0, 0.1) is 5.82 Å². The van der Waals surface area contributed by atoms with Gasteiger partial charge >= 0.3 is 0 Å². The van der Waals surface area contributed by atoms with E-state index in [2.05, 4.69) is 15.6 Å². The number of thiazole rings is 1. The summed E-state index contributed by atoms with van der Waals surface area (Å²) in [6.45, 7) is 1.76. The molecule has 27 heavy (non-hydrogen) atoms. The minimum absolute atomic E-state index is 0.119. The average molecular weight is 383 g/mol. The number of halogens is 1. The predicted octanol–water partition coefficient (Wildman–Crippen LogP) is 4.10. The first-order valence-corrected chi connectivity index (χ1v) is 9.26. The fourth-order valence-corrected chi connectivity index (χ4v) is 3.24. The summed E-state index contributed by atoms with van der Waals surface area (Å²) in [5.74, 6) is -0.816. The molecule has 0 spiro atoms. The Kier molecular flexibility index (Phi) is 5.93. The molecule has 0 fully saturated rings. The molecule has 0 radical (unpaired) electrons. The molecule has 5 nitrogen and oxygen atoms in total. The largest absolute Gasteiger partial charge is 0.349 e. The molecular weight excluding hydrogens is 365 g/mol.